The maximum Gasteiger partial charge on any atom is 0.133 e. The Morgan fingerprint density at radius 3 is 2.65 bits per heavy atom. The van der Waals surface area contributed by atoms with Crippen molar-refractivity contribution in [2.75, 3.05) is 0 Å². The van der Waals surface area contributed by atoms with Gasteiger partial charge in [0.05, 0.1) is 12.2 Å². The van der Waals surface area contributed by atoms with Gasteiger partial charge < -0.3 is 10.5 Å². The van der Waals surface area contributed by atoms with Gasteiger partial charge in [-0.3, -0.25) is 0 Å². The van der Waals surface area contributed by atoms with Crippen LogP contribution in [0.1, 0.15) is 38.3 Å². The monoisotopic (exact) mass is 255 g/mol. The fourth-order valence-corrected chi connectivity index (χ4v) is 1.39. The van der Waals surface area contributed by atoms with E-state index in [4.69, 9.17) is 22.7 Å². The zero-order valence-electron chi connectivity index (χ0n) is 10.4. The van der Waals surface area contributed by atoms with E-state index in [1.807, 2.05) is 13.8 Å². The normalized spacial score (nSPS) is 11.5. The van der Waals surface area contributed by atoms with Gasteiger partial charge in [0.1, 0.15) is 10.8 Å². The molecule has 0 radical (unpaired) electrons. The highest BCUT2D eigenvalue weighted by atomic mass is 32.1. The van der Waals surface area contributed by atoms with Gasteiger partial charge in [0.15, 0.2) is 0 Å². The first-order valence-electron chi connectivity index (χ1n) is 5.58. The van der Waals surface area contributed by atoms with Crippen molar-refractivity contribution >= 4 is 17.2 Å². The van der Waals surface area contributed by atoms with Crippen molar-refractivity contribution < 1.29 is 9.13 Å². The second kappa shape index (κ2) is 5.56. The van der Waals surface area contributed by atoms with Crippen LogP contribution in [0.5, 0.6) is 0 Å². The van der Waals surface area contributed by atoms with Gasteiger partial charge in [0, 0.05) is 5.56 Å². The van der Waals surface area contributed by atoms with Crippen LogP contribution in [0.15, 0.2) is 18.2 Å². The lowest BCUT2D eigenvalue weighted by molar-refractivity contribution is -0.0316. The standard InChI is InChI=1S/C13H18FNOS/c1-4-13(2,3)16-8-9-5-6-11(14)10(7-9)12(15)17/h5-7H,4,8H2,1-3H3,(H2,15,17). The third-order valence-corrected chi connectivity index (χ3v) is 3.00. The largest absolute Gasteiger partial charge is 0.389 e. The van der Waals surface area contributed by atoms with Crippen LogP contribution < -0.4 is 5.73 Å². The SMILES string of the molecule is CCC(C)(C)OCc1ccc(F)c(C(N)=S)c1. The fraction of sp³-hybridized carbons (Fsp3) is 0.462. The van der Waals surface area contributed by atoms with E-state index in [9.17, 15) is 4.39 Å². The van der Waals surface area contributed by atoms with Crippen molar-refractivity contribution in [3.63, 3.8) is 0 Å². The van der Waals surface area contributed by atoms with Crippen LogP contribution in [0.25, 0.3) is 0 Å². The lowest BCUT2D eigenvalue weighted by atomic mass is 10.1. The maximum absolute atomic E-state index is 13.4. The van der Waals surface area contributed by atoms with Gasteiger partial charge in [-0.2, -0.15) is 0 Å². The third kappa shape index (κ3) is 4.06. The van der Waals surface area contributed by atoms with Crippen LogP contribution in [0.4, 0.5) is 4.39 Å². The van der Waals surface area contributed by atoms with Gasteiger partial charge >= 0.3 is 0 Å². The summed E-state index contributed by atoms with van der Waals surface area (Å²) in [6, 6.07) is 4.69. The second-order valence-corrected chi connectivity index (χ2v) is 5.02. The van der Waals surface area contributed by atoms with Gasteiger partial charge in [-0.1, -0.05) is 25.2 Å². The predicted molar refractivity (Wildman–Crippen MR) is 71.4 cm³/mol. The van der Waals surface area contributed by atoms with E-state index in [1.165, 1.54) is 6.07 Å². The van der Waals surface area contributed by atoms with E-state index >= 15 is 0 Å². The summed E-state index contributed by atoms with van der Waals surface area (Å²) in [7, 11) is 0. The summed E-state index contributed by atoms with van der Waals surface area (Å²) in [6.45, 7) is 6.53. The molecule has 0 aliphatic heterocycles. The Bertz CT molecular complexity index is 418. The molecule has 0 atom stereocenters. The molecule has 0 aliphatic carbocycles. The number of hydrogen-bond donors (Lipinski definition) is 1. The molecule has 0 fully saturated rings. The van der Waals surface area contributed by atoms with Gasteiger partial charge in [-0.15, -0.1) is 0 Å². The minimum Gasteiger partial charge on any atom is -0.389 e. The summed E-state index contributed by atoms with van der Waals surface area (Å²) < 4.78 is 19.1. The van der Waals surface area contributed by atoms with Crippen LogP contribution >= 0.6 is 12.2 Å². The third-order valence-electron chi connectivity index (χ3n) is 2.78. The molecule has 0 bridgehead atoms. The van der Waals surface area contributed by atoms with E-state index in [2.05, 4.69) is 6.92 Å². The van der Waals surface area contributed by atoms with Crippen LogP contribution in [0, 0.1) is 5.82 Å². The second-order valence-electron chi connectivity index (χ2n) is 4.58. The van der Waals surface area contributed by atoms with E-state index in [1.54, 1.807) is 12.1 Å². The number of rotatable bonds is 5. The molecular formula is C13H18FNOS. The van der Waals surface area contributed by atoms with E-state index in [0.29, 0.717) is 6.61 Å². The summed E-state index contributed by atoms with van der Waals surface area (Å²) in [5.74, 6) is -0.393. The molecule has 0 saturated heterocycles. The molecule has 1 rings (SSSR count). The minimum absolute atomic E-state index is 0.0686. The van der Waals surface area contributed by atoms with E-state index in [-0.39, 0.29) is 16.2 Å². The number of ether oxygens (including phenoxy) is 1. The van der Waals surface area contributed by atoms with Crippen molar-refractivity contribution in [1.29, 1.82) is 0 Å². The Hall–Kier alpha value is -1.00. The fourth-order valence-electron chi connectivity index (χ4n) is 1.23. The Morgan fingerprint density at radius 2 is 2.12 bits per heavy atom. The molecule has 1 aromatic rings. The van der Waals surface area contributed by atoms with Crippen molar-refractivity contribution in [2.45, 2.75) is 39.4 Å². The highest BCUT2D eigenvalue weighted by molar-refractivity contribution is 7.80. The summed E-state index contributed by atoms with van der Waals surface area (Å²) in [4.78, 5) is 0.0686. The zero-order valence-corrected chi connectivity index (χ0v) is 11.2. The number of hydrogen-bond acceptors (Lipinski definition) is 2. The average molecular weight is 255 g/mol. The molecular weight excluding hydrogens is 237 g/mol. The van der Waals surface area contributed by atoms with Crippen molar-refractivity contribution in [3.05, 3.63) is 35.1 Å². The Balaban J connectivity index is 2.80. The lowest BCUT2D eigenvalue weighted by Gasteiger charge is -2.23. The molecule has 0 aromatic heterocycles. The number of halogens is 1. The first-order chi connectivity index (χ1) is 7.85. The van der Waals surface area contributed by atoms with Crippen molar-refractivity contribution in [3.8, 4) is 0 Å². The lowest BCUT2D eigenvalue weighted by Crippen LogP contribution is -2.22. The maximum atomic E-state index is 13.4. The summed E-state index contributed by atoms with van der Waals surface area (Å²) in [6.07, 6.45) is 0.913. The molecule has 0 amide bonds. The van der Waals surface area contributed by atoms with Gasteiger partial charge in [-0.25, -0.2) is 4.39 Å². The highest BCUT2D eigenvalue weighted by Crippen LogP contribution is 2.18. The first kappa shape index (κ1) is 14.1. The summed E-state index contributed by atoms with van der Waals surface area (Å²) >= 11 is 4.79. The summed E-state index contributed by atoms with van der Waals surface area (Å²) in [5.41, 5.74) is 6.40. The van der Waals surface area contributed by atoms with Crippen molar-refractivity contribution in [1.82, 2.24) is 0 Å². The average Bonchev–Trinajstić information content (AvgIpc) is 2.27. The molecule has 0 saturated carbocycles. The van der Waals surface area contributed by atoms with Crippen LogP contribution in [-0.4, -0.2) is 10.6 Å². The Morgan fingerprint density at radius 1 is 1.47 bits per heavy atom. The number of benzene rings is 1. The molecule has 2 nitrogen and oxygen atoms in total. The van der Waals surface area contributed by atoms with Crippen molar-refractivity contribution in [2.24, 2.45) is 5.73 Å². The molecule has 0 spiro atoms. The molecule has 94 valence electrons. The molecule has 0 heterocycles. The van der Waals surface area contributed by atoms with Crippen LogP contribution in [0.2, 0.25) is 0 Å². The van der Waals surface area contributed by atoms with Gasteiger partial charge in [0.2, 0.25) is 0 Å². The smallest absolute Gasteiger partial charge is 0.133 e. The molecule has 4 heteroatoms. The highest BCUT2D eigenvalue weighted by Gasteiger charge is 2.15. The molecule has 0 aliphatic rings. The van der Waals surface area contributed by atoms with Crippen LogP contribution in [0.3, 0.4) is 0 Å². The van der Waals surface area contributed by atoms with E-state index < -0.39 is 5.82 Å². The van der Waals surface area contributed by atoms with E-state index in [0.717, 1.165) is 12.0 Å². The molecule has 1 aromatic carbocycles. The zero-order chi connectivity index (χ0) is 13.1. The number of thiocarbonyl (C=S) groups is 1. The van der Waals surface area contributed by atoms with Gasteiger partial charge in [0.25, 0.3) is 0 Å². The Labute approximate surface area is 107 Å². The minimum atomic E-state index is -0.393. The van der Waals surface area contributed by atoms with Crippen LogP contribution in [-0.2, 0) is 11.3 Å². The predicted octanol–water partition coefficient (Wildman–Crippen LogP) is 3.17. The first-order valence-corrected chi connectivity index (χ1v) is 5.99. The topological polar surface area (TPSA) is 35.2 Å². The molecule has 0 unspecified atom stereocenters. The number of nitrogens with two attached hydrogens (primary N) is 1. The quantitative estimate of drug-likeness (QED) is 0.821. The molecule has 17 heavy (non-hydrogen) atoms. The molecule has 2 N–H and O–H groups in total. The van der Waals surface area contributed by atoms with Gasteiger partial charge in [-0.05, 0) is 38.0 Å². The Kier molecular flexibility index (Phi) is 4.60. The summed E-state index contributed by atoms with van der Waals surface area (Å²) in [5, 5.41) is 0.